The molecule has 0 amide bonds. The summed E-state index contributed by atoms with van der Waals surface area (Å²) in [6.07, 6.45) is 9.71. The molecule has 0 spiro atoms. The molecule has 0 atom stereocenters. The van der Waals surface area contributed by atoms with E-state index < -0.39 is 5.97 Å². The van der Waals surface area contributed by atoms with Gasteiger partial charge in [-0.25, -0.2) is 4.79 Å². The molecule has 0 fully saturated rings. The Hall–Kier alpha value is -2.55. The molecule has 0 aliphatic heterocycles. The predicted molar refractivity (Wildman–Crippen MR) is 119 cm³/mol. The third kappa shape index (κ3) is 4.10. The number of carbonyl (C=O) groups is 1. The lowest BCUT2D eigenvalue weighted by Crippen LogP contribution is -2.34. The molecule has 2 aromatic rings. The molecule has 0 unspecified atom stereocenters. The number of carbonyl (C=O) groups excluding carboxylic acids is 1. The summed E-state index contributed by atoms with van der Waals surface area (Å²) in [6, 6.07) is 6.39. The van der Waals surface area contributed by atoms with Crippen LogP contribution in [0.15, 0.2) is 41.0 Å². The van der Waals surface area contributed by atoms with Crippen LogP contribution < -0.4 is 0 Å². The van der Waals surface area contributed by atoms with Crippen molar-refractivity contribution >= 4 is 17.6 Å². The Labute approximate surface area is 174 Å². The molecule has 1 heterocycles. The Balaban J connectivity index is 1.95. The molecule has 3 heteroatoms. The van der Waals surface area contributed by atoms with Gasteiger partial charge >= 0.3 is 5.97 Å². The van der Waals surface area contributed by atoms with Crippen LogP contribution in [0, 0.1) is 6.92 Å². The molecule has 3 rings (SSSR count). The number of ether oxygens (including phenoxy) is 1. The van der Waals surface area contributed by atoms with Crippen molar-refractivity contribution in [2.45, 2.75) is 65.2 Å². The second kappa shape index (κ2) is 7.70. The van der Waals surface area contributed by atoms with Gasteiger partial charge in [0.05, 0.1) is 13.4 Å². The largest absolute Gasteiger partial charge is 0.465 e. The highest BCUT2D eigenvalue weighted by Gasteiger charge is 2.37. The van der Waals surface area contributed by atoms with Crippen LogP contribution in [-0.2, 0) is 15.6 Å². The third-order valence-electron chi connectivity index (χ3n) is 6.32. The number of rotatable bonds is 4. The van der Waals surface area contributed by atoms with Crippen molar-refractivity contribution in [3.63, 3.8) is 0 Å². The van der Waals surface area contributed by atoms with E-state index in [0.717, 1.165) is 0 Å². The van der Waals surface area contributed by atoms with Crippen molar-refractivity contribution in [1.29, 1.82) is 0 Å². The van der Waals surface area contributed by atoms with Crippen LogP contribution in [0.3, 0.4) is 0 Å². The number of hydrogen-bond acceptors (Lipinski definition) is 3. The summed E-state index contributed by atoms with van der Waals surface area (Å²) < 4.78 is 10.2. The van der Waals surface area contributed by atoms with Crippen LogP contribution >= 0.6 is 0 Å². The van der Waals surface area contributed by atoms with Gasteiger partial charge in [-0.1, -0.05) is 52.0 Å². The fourth-order valence-electron chi connectivity index (χ4n) is 4.25. The van der Waals surface area contributed by atoms with Gasteiger partial charge < -0.3 is 9.15 Å². The highest BCUT2D eigenvalue weighted by Crippen LogP contribution is 2.47. The van der Waals surface area contributed by atoms with Crippen molar-refractivity contribution in [3.05, 3.63) is 70.2 Å². The molecule has 0 radical (unpaired) electrons. The lowest BCUT2D eigenvalue weighted by Gasteiger charge is -2.42. The van der Waals surface area contributed by atoms with Crippen LogP contribution in [0.4, 0.5) is 0 Å². The zero-order chi connectivity index (χ0) is 21.4. The number of furan rings is 1. The summed E-state index contributed by atoms with van der Waals surface area (Å²) in [5.41, 5.74) is 7.54. The summed E-state index contributed by atoms with van der Waals surface area (Å²) in [4.78, 5) is 11.8. The highest BCUT2D eigenvalue weighted by atomic mass is 16.5. The Bertz CT molecular complexity index is 983. The number of esters is 1. The summed E-state index contributed by atoms with van der Waals surface area (Å²) in [5, 5.41) is 0. The first kappa shape index (κ1) is 21.2. The number of hydrogen-bond donors (Lipinski definition) is 0. The molecule has 0 saturated carbocycles. The molecular weight excluding hydrogens is 360 g/mol. The number of fused-ring (bicyclic) bond motifs is 1. The minimum Gasteiger partial charge on any atom is -0.465 e. The predicted octanol–water partition coefficient (Wildman–Crippen LogP) is 6.84. The molecule has 0 N–H and O–H groups in total. The molecule has 1 aliphatic carbocycles. The minimum atomic E-state index is -0.394. The summed E-state index contributed by atoms with van der Waals surface area (Å²) >= 11 is 0. The smallest absolute Gasteiger partial charge is 0.341 e. The van der Waals surface area contributed by atoms with Gasteiger partial charge in [0, 0.05) is 0 Å². The molecular formula is C26H32O3. The SMILES string of the molecule is COC(=O)c1ccoc1C=CC=C(C)c1cc2c(cc1C)C(C)(C)CCC2(C)C. The quantitative estimate of drug-likeness (QED) is 0.422. The minimum absolute atomic E-state index is 0.188. The Kier molecular flexibility index (Phi) is 5.62. The Morgan fingerprint density at radius 2 is 1.69 bits per heavy atom. The van der Waals surface area contributed by atoms with Gasteiger partial charge in [0.25, 0.3) is 0 Å². The first-order chi connectivity index (χ1) is 13.6. The molecule has 0 saturated heterocycles. The maximum absolute atomic E-state index is 11.8. The maximum Gasteiger partial charge on any atom is 0.341 e. The van der Waals surface area contributed by atoms with Crippen LogP contribution in [0.1, 0.15) is 85.8 Å². The zero-order valence-electron chi connectivity index (χ0n) is 18.7. The van der Waals surface area contributed by atoms with Crippen LogP contribution in [0.25, 0.3) is 11.6 Å². The van der Waals surface area contributed by atoms with E-state index in [1.54, 1.807) is 12.1 Å². The fraction of sp³-hybridized carbons (Fsp3) is 0.423. The molecule has 0 bridgehead atoms. The summed E-state index contributed by atoms with van der Waals surface area (Å²) in [5.74, 6) is 0.112. The van der Waals surface area contributed by atoms with Crippen molar-refractivity contribution in [2.75, 3.05) is 7.11 Å². The van der Waals surface area contributed by atoms with E-state index in [-0.39, 0.29) is 10.8 Å². The normalized spacial score (nSPS) is 18.0. The molecule has 3 nitrogen and oxygen atoms in total. The standard InChI is InChI=1S/C26H32O3/c1-17(9-8-10-23-19(11-14-29-23)24(27)28-7)20-16-22-21(15-18(20)2)25(3,4)12-13-26(22,5)6/h8-11,14-16H,12-13H2,1-7H3. The Morgan fingerprint density at radius 3 is 2.31 bits per heavy atom. The first-order valence-electron chi connectivity index (χ1n) is 10.2. The second-order valence-corrected chi connectivity index (χ2v) is 9.38. The zero-order valence-corrected chi connectivity index (χ0v) is 18.7. The van der Waals surface area contributed by atoms with Crippen LogP contribution in [0.2, 0.25) is 0 Å². The summed E-state index contributed by atoms with van der Waals surface area (Å²) in [6.45, 7) is 13.7. The van der Waals surface area contributed by atoms with Crippen molar-refractivity contribution in [3.8, 4) is 0 Å². The van der Waals surface area contributed by atoms with Gasteiger partial charge in [-0.2, -0.15) is 0 Å². The van der Waals surface area contributed by atoms with E-state index in [9.17, 15) is 4.79 Å². The average Bonchev–Trinajstić information content (AvgIpc) is 3.13. The molecule has 1 aliphatic rings. The van der Waals surface area contributed by atoms with E-state index in [2.05, 4.69) is 59.8 Å². The molecule has 1 aromatic heterocycles. The van der Waals surface area contributed by atoms with E-state index in [4.69, 9.17) is 9.15 Å². The van der Waals surface area contributed by atoms with Crippen LogP contribution in [0.5, 0.6) is 0 Å². The monoisotopic (exact) mass is 392 g/mol. The number of benzene rings is 1. The third-order valence-corrected chi connectivity index (χ3v) is 6.32. The lowest BCUT2D eigenvalue weighted by molar-refractivity contribution is 0.0599. The van der Waals surface area contributed by atoms with E-state index in [1.807, 2.05) is 6.08 Å². The van der Waals surface area contributed by atoms with Gasteiger partial charge in [0.15, 0.2) is 0 Å². The molecule has 1 aromatic carbocycles. The second-order valence-electron chi connectivity index (χ2n) is 9.38. The van der Waals surface area contributed by atoms with Gasteiger partial charge in [-0.05, 0) is 77.5 Å². The Morgan fingerprint density at radius 1 is 1.07 bits per heavy atom. The van der Waals surface area contributed by atoms with Crippen molar-refractivity contribution < 1.29 is 13.9 Å². The molecule has 29 heavy (non-hydrogen) atoms. The number of allylic oxidation sites excluding steroid dienone is 3. The average molecular weight is 393 g/mol. The maximum atomic E-state index is 11.8. The lowest BCUT2D eigenvalue weighted by atomic mass is 9.62. The van der Waals surface area contributed by atoms with Crippen molar-refractivity contribution in [2.24, 2.45) is 0 Å². The van der Waals surface area contributed by atoms with Gasteiger partial charge in [0.2, 0.25) is 0 Å². The van der Waals surface area contributed by atoms with Gasteiger partial charge in [0.1, 0.15) is 11.3 Å². The van der Waals surface area contributed by atoms with Gasteiger partial charge in [-0.15, -0.1) is 0 Å². The first-order valence-corrected chi connectivity index (χ1v) is 10.2. The van der Waals surface area contributed by atoms with E-state index in [1.165, 1.54) is 54.0 Å². The van der Waals surface area contributed by atoms with E-state index in [0.29, 0.717) is 11.3 Å². The highest BCUT2D eigenvalue weighted by molar-refractivity contribution is 5.92. The van der Waals surface area contributed by atoms with Crippen LogP contribution in [-0.4, -0.2) is 13.1 Å². The fourth-order valence-corrected chi connectivity index (χ4v) is 4.25. The topological polar surface area (TPSA) is 39.4 Å². The van der Waals surface area contributed by atoms with Crippen molar-refractivity contribution in [1.82, 2.24) is 0 Å². The number of methoxy groups -OCH3 is 1. The number of aryl methyl sites for hydroxylation is 1. The van der Waals surface area contributed by atoms with Gasteiger partial charge in [-0.3, -0.25) is 0 Å². The van der Waals surface area contributed by atoms with E-state index >= 15 is 0 Å². The molecule has 154 valence electrons. The summed E-state index contributed by atoms with van der Waals surface area (Å²) in [7, 11) is 1.37.